The van der Waals surface area contributed by atoms with Gasteiger partial charge in [-0.1, -0.05) is 13.8 Å². The number of rotatable bonds is 3. The van der Waals surface area contributed by atoms with Crippen LogP contribution in [0.3, 0.4) is 0 Å². The Morgan fingerprint density at radius 1 is 1.69 bits per heavy atom. The molecule has 1 fully saturated rings. The molecule has 0 aromatic carbocycles. The van der Waals surface area contributed by atoms with Crippen molar-refractivity contribution in [1.29, 1.82) is 0 Å². The molecular formula is C11H17N3OS. The van der Waals surface area contributed by atoms with Gasteiger partial charge in [-0.15, -0.1) is 0 Å². The Morgan fingerprint density at radius 3 is 3.06 bits per heavy atom. The van der Waals surface area contributed by atoms with E-state index >= 15 is 0 Å². The molecule has 2 N–H and O–H groups in total. The van der Waals surface area contributed by atoms with Crippen LogP contribution in [0.25, 0.3) is 0 Å². The first-order chi connectivity index (χ1) is 7.66. The maximum Gasteiger partial charge on any atom is 0.271 e. The molecule has 4 nitrogen and oxygen atoms in total. The van der Waals surface area contributed by atoms with E-state index in [0.29, 0.717) is 11.6 Å². The molecule has 1 aliphatic heterocycles. The average Bonchev–Trinajstić information content (AvgIpc) is 2.86. The van der Waals surface area contributed by atoms with Crippen molar-refractivity contribution in [2.24, 2.45) is 0 Å². The molecule has 1 aromatic heterocycles. The molecule has 1 unspecified atom stereocenters. The quantitative estimate of drug-likeness (QED) is 0.837. The SMILES string of the molecule is CC(C)c1cc(C(=O)NC2CCNC2)ns1. The normalized spacial score (nSPS) is 20.3. The lowest BCUT2D eigenvalue weighted by molar-refractivity contribution is 0.0936. The number of hydrogen-bond acceptors (Lipinski definition) is 4. The van der Waals surface area contributed by atoms with Gasteiger partial charge in [-0.05, 0) is 36.5 Å². The fraction of sp³-hybridized carbons (Fsp3) is 0.636. The first kappa shape index (κ1) is 11.5. The van der Waals surface area contributed by atoms with Gasteiger partial charge in [0.25, 0.3) is 5.91 Å². The third-order valence-corrected chi connectivity index (χ3v) is 3.81. The molecule has 2 rings (SSSR count). The minimum absolute atomic E-state index is 0.0446. The molecule has 2 heterocycles. The molecule has 0 radical (unpaired) electrons. The van der Waals surface area contributed by atoms with E-state index in [4.69, 9.17) is 0 Å². The van der Waals surface area contributed by atoms with Crippen LogP contribution in [0.5, 0.6) is 0 Å². The molecule has 16 heavy (non-hydrogen) atoms. The third-order valence-electron chi connectivity index (χ3n) is 2.73. The highest BCUT2D eigenvalue weighted by Crippen LogP contribution is 2.20. The summed E-state index contributed by atoms with van der Waals surface area (Å²) in [6, 6.07) is 2.16. The first-order valence-corrected chi connectivity index (χ1v) is 6.42. The van der Waals surface area contributed by atoms with Crippen molar-refractivity contribution >= 4 is 17.4 Å². The lowest BCUT2D eigenvalue weighted by Gasteiger charge is -2.09. The van der Waals surface area contributed by atoms with E-state index in [2.05, 4.69) is 28.9 Å². The van der Waals surface area contributed by atoms with Gasteiger partial charge >= 0.3 is 0 Å². The van der Waals surface area contributed by atoms with E-state index in [1.54, 1.807) is 0 Å². The van der Waals surface area contributed by atoms with Crippen molar-refractivity contribution < 1.29 is 4.79 Å². The van der Waals surface area contributed by atoms with Crippen molar-refractivity contribution in [3.8, 4) is 0 Å². The van der Waals surface area contributed by atoms with Gasteiger partial charge in [0.1, 0.15) is 5.69 Å². The largest absolute Gasteiger partial charge is 0.347 e. The summed E-state index contributed by atoms with van der Waals surface area (Å²) in [5, 5.41) is 6.21. The molecule has 0 spiro atoms. The van der Waals surface area contributed by atoms with Gasteiger partial charge in [-0.3, -0.25) is 4.79 Å². The summed E-state index contributed by atoms with van der Waals surface area (Å²) < 4.78 is 4.19. The molecular weight excluding hydrogens is 222 g/mol. The average molecular weight is 239 g/mol. The maximum absolute atomic E-state index is 11.8. The second kappa shape index (κ2) is 4.93. The fourth-order valence-electron chi connectivity index (χ4n) is 1.71. The molecule has 0 bridgehead atoms. The standard InChI is InChI=1S/C11H17N3OS/c1-7(2)10-5-9(14-16-10)11(15)13-8-3-4-12-6-8/h5,7-8,12H,3-4,6H2,1-2H3,(H,13,15). The molecule has 1 aromatic rings. The molecule has 1 atom stereocenters. The highest BCUT2D eigenvalue weighted by molar-refractivity contribution is 7.06. The van der Waals surface area contributed by atoms with E-state index in [1.807, 2.05) is 6.07 Å². The van der Waals surface area contributed by atoms with Gasteiger partial charge in [0, 0.05) is 17.5 Å². The number of aromatic nitrogens is 1. The van der Waals surface area contributed by atoms with Gasteiger partial charge in [0.2, 0.25) is 0 Å². The first-order valence-electron chi connectivity index (χ1n) is 5.65. The van der Waals surface area contributed by atoms with Crippen LogP contribution in [0.1, 0.15) is 41.6 Å². The Balaban J connectivity index is 1.97. The zero-order valence-corrected chi connectivity index (χ0v) is 10.4. The van der Waals surface area contributed by atoms with Gasteiger partial charge in [0.05, 0.1) is 0 Å². The van der Waals surface area contributed by atoms with Crippen molar-refractivity contribution in [3.05, 3.63) is 16.6 Å². The van der Waals surface area contributed by atoms with Crippen LogP contribution in [0.4, 0.5) is 0 Å². The molecule has 88 valence electrons. The highest BCUT2D eigenvalue weighted by atomic mass is 32.1. The van der Waals surface area contributed by atoms with Gasteiger partial charge in [-0.2, -0.15) is 4.37 Å². The Kier molecular flexibility index (Phi) is 3.56. The molecule has 1 saturated heterocycles. The summed E-state index contributed by atoms with van der Waals surface area (Å²) in [5.74, 6) is 0.393. The number of hydrogen-bond donors (Lipinski definition) is 2. The smallest absolute Gasteiger partial charge is 0.271 e. The van der Waals surface area contributed by atoms with Gasteiger partial charge in [-0.25, -0.2) is 0 Å². The third kappa shape index (κ3) is 2.59. The number of nitrogens with one attached hydrogen (secondary N) is 2. The summed E-state index contributed by atoms with van der Waals surface area (Å²) >= 11 is 1.42. The Hall–Kier alpha value is -0.940. The lowest BCUT2D eigenvalue weighted by Crippen LogP contribution is -2.36. The van der Waals surface area contributed by atoms with Crippen molar-refractivity contribution in [2.75, 3.05) is 13.1 Å². The van der Waals surface area contributed by atoms with Crippen LogP contribution in [-0.2, 0) is 0 Å². The predicted octanol–water partition coefficient (Wildman–Crippen LogP) is 1.36. The summed E-state index contributed by atoms with van der Waals surface area (Å²) in [7, 11) is 0. The second-order valence-electron chi connectivity index (χ2n) is 4.43. The minimum Gasteiger partial charge on any atom is -0.347 e. The second-order valence-corrected chi connectivity index (χ2v) is 5.27. The Bertz CT molecular complexity index is 369. The highest BCUT2D eigenvalue weighted by Gasteiger charge is 2.19. The minimum atomic E-state index is -0.0446. The van der Waals surface area contributed by atoms with Crippen molar-refractivity contribution in [2.45, 2.75) is 32.2 Å². The summed E-state index contributed by atoms with van der Waals surface area (Å²) in [6.07, 6.45) is 1.01. The van der Waals surface area contributed by atoms with Crippen LogP contribution in [0.2, 0.25) is 0 Å². The molecule has 1 amide bonds. The predicted molar refractivity (Wildman–Crippen MR) is 64.9 cm³/mol. The number of carbonyl (C=O) groups excluding carboxylic acids is 1. The molecule has 0 aliphatic carbocycles. The Morgan fingerprint density at radius 2 is 2.50 bits per heavy atom. The van der Waals surface area contributed by atoms with E-state index in [0.717, 1.165) is 24.4 Å². The monoisotopic (exact) mass is 239 g/mol. The van der Waals surface area contributed by atoms with E-state index in [9.17, 15) is 4.79 Å². The zero-order chi connectivity index (χ0) is 11.5. The van der Waals surface area contributed by atoms with Crippen LogP contribution < -0.4 is 10.6 Å². The number of carbonyl (C=O) groups is 1. The van der Waals surface area contributed by atoms with Crippen LogP contribution in [0, 0.1) is 0 Å². The lowest BCUT2D eigenvalue weighted by atomic mass is 10.1. The van der Waals surface area contributed by atoms with E-state index in [1.165, 1.54) is 11.5 Å². The molecule has 1 aliphatic rings. The maximum atomic E-state index is 11.8. The van der Waals surface area contributed by atoms with Gasteiger partial charge < -0.3 is 10.6 Å². The summed E-state index contributed by atoms with van der Waals surface area (Å²) in [4.78, 5) is 13.0. The summed E-state index contributed by atoms with van der Waals surface area (Å²) in [6.45, 7) is 6.07. The van der Waals surface area contributed by atoms with Crippen LogP contribution in [-0.4, -0.2) is 29.4 Å². The van der Waals surface area contributed by atoms with Crippen LogP contribution >= 0.6 is 11.5 Å². The number of amides is 1. The molecule has 5 heteroatoms. The van der Waals surface area contributed by atoms with Crippen molar-refractivity contribution in [1.82, 2.24) is 15.0 Å². The number of nitrogens with zero attached hydrogens (tertiary/aromatic N) is 1. The Labute approximate surface area is 99.6 Å². The van der Waals surface area contributed by atoms with E-state index < -0.39 is 0 Å². The summed E-state index contributed by atoms with van der Waals surface area (Å²) in [5.41, 5.74) is 0.556. The van der Waals surface area contributed by atoms with Gasteiger partial charge in [0.15, 0.2) is 0 Å². The van der Waals surface area contributed by atoms with Crippen molar-refractivity contribution in [3.63, 3.8) is 0 Å². The zero-order valence-electron chi connectivity index (χ0n) is 9.62. The van der Waals surface area contributed by atoms with Crippen LogP contribution in [0.15, 0.2) is 6.07 Å². The topological polar surface area (TPSA) is 54.0 Å². The fourth-order valence-corrected chi connectivity index (χ4v) is 2.42. The van der Waals surface area contributed by atoms with E-state index in [-0.39, 0.29) is 11.9 Å². The molecule has 0 saturated carbocycles.